The zero-order valence-electron chi connectivity index (χ0n) is 16.2. The summed E-state index contributed by atoms with van der Waals surface area (Å²) in [7, 11) is 0. The highest BCUT2D eigenvalue weighted by Crippen LogP contribution is 2.44. The molecule has 2 aromatic carbocycles. The number of benzene rings is 2. The molecule has 2 unspecified atom stereocenters. The molecule has 1 aliphatic carbocycles. The first kappa shape index (κ1) is 18.7. The number of azo groups is 1. The van der Waals surface area contributed by atoms with Gasteiger partial charge in [0.05, 0.1) is 29.9 Å². The van der Waals surface area contributed by atoms with Gasteiger partial charge in [0.25, 0.3) is 0 Å². The Bertz CT molecular complexity index is 897. The highest BCUT2D eigenvalue weighted by atomic mass is 32.1. The maximum Gasteiger partial charge on any atom is 0.235 e. The number of hydrogen-bond donors (Lipinski definition) is 0. The number of nitrogens with zero attached hydrogens (tertiary/aromatic N) is 4. The molecule has 2 aliphatic rings. The summed E-state index contributed by atoms with van der Waals surface area (Å²) < 4.78 is 0. The van der Waals surface area contributed by atoms with Crippen molar-refractivity contribution in [2.75, 3.05) is 11.6 Å². The Kier molecular flexibility index (Phi) is 4.98. The van der Waals surface area contributed by atoms with Gasteiger partial charge in [-0.1, -0.05) is 50.2 Å². The van der Waals surface area contributed by atoms with E-state index in [9.17, 15) is 4.79 Å². The highest BCUT2D eigenvalue weighted by molar-refractivity contribution is 7.80. The van der Waals surface area contributed by atoms with E-state index in [1.807, 2.05) is 65.7 Å². The monoisotopic (exact) mass is 392 g/mol. The lowest BCUT2D eigenvalue weighted by atomic mass is 9.70. The summed E-state index contributed by atoms with van der Waals surface area (Å²) in [6.45, 7) is 4.93. The van der Waals surface area contributed by atoms with Gasteiger partial charge in [0.1, 0.15) is 5.78 Å². The molecule has 2 aromatic rings. The molecule has 2 fully saturated rings. The summed E-state index contributed by atoms with van der Waals surface area (Å²) in [5, 5.41) is 13.2. The van der Waals surface area contributed by atoms with Crippen molar-refractivity contribution < 1.29 is 4.79 Å². The van der Waals surface area contributed by atoms with Gasteiger partial charge in [-0.3, -0.25) is 14.8 Å². The Morgan fingerprint density at radius 2 is 1.71 bits per heavy atom. The number of hydrogen-bond acceptors (Lipinski definition) is 4. The molecule has 0 aromatic heterocycles. The van der Waals surface area contributed by atoms with Crippen LogP contribution < -0.4 is 5.01 Å². The first-order chi connectivity index (χ1) is 13.4. The lowest BCUT2D eigenvalue weighted by molar-refractivity contribution is -0.128. The van der Waals surface area contributed by atoms with Crippen molar-refractivity contribution in [3.63, 3.8) is 0 Å². The molecule has 1 heterocycles. The summed E-state index contributed by atoms with van der Waals surface area (Å²) in [6.07, 6.45) is 1.51. The molecule has 0 amide bonds. The predicted octanol–water partition coefficient (Wildman–Crippen LogP) is 5.17. The van der Waals surface area contributed by atoms with Gasteiger partial charge in [-0.15, -0.1) is 10.2 Å². The van der Waals surface area contributed by atoms with Crippen molar-refractivity contribution in [1.82, 2.24) is 5.01 Å². The average molecular weight is 393 g/mol. The van der Waals surface area contributed by atoms with Crippen LogP contribution in [0.3, 0.4) is 0 Å². The van der Waals surface area contributed by atoms with Crippen molar-refractivity contribution in [3.05, 3.63) is 60.7 Å². The molecule has 0 N–H and O–H groups in total. The van der Waals surface area contributed by atoms with E-state index in [1.54, 1.807) is 0 Å². The van der Waals surface area contributed by atoms with Crippen molar-refractivity contribution in [3.8, 4) is 0 Å². The maximum atomic E-state index is 12.9. The van der Waals surface area contributed by atoms with Crippen LogP contribution in [0.5, 0.6) is 0 Å². The van der Waals surface area contributed by atoms with Gasteiger partial charge in [-0.2, -0.15) is 0 Å². The van der Waals surface area contributed by atoms with Crippen LogP contribution in [-0.4, -0.2) is 28.5 Å². The molecule has 28 heavy (non-hydrogen) atoms. The second kappa shape index (κ2) is 7.43. The zero-order chi connectivity index (χ0) is 19.7. The number of rotatable bonds is 2. The van der Waals surface area contributed by atoms with Gasteiger partial charge < -0.3 is 0 Å². The minimum atomic E-state index is -0.0573. The molecule has 1 aliphatic heterocycles. The van der Waals surface area contributed by atoms with Crippen molar-refractivity contribution in [1.29, 1.82) is 0 Å². The van der Waals surface area contributed by atoms with E-state index in [0.29, 0.717) is 23.9 Å². The molecule has 0 radical (unpaired) electrons. The van der Waals surface area contributed by atoms with Crippen molar-refractivity contribution in [2.24, 2.45) is 21.6 Å². The Morgan fingerprint density at radius 1 is 1.07 bits per heavy atom. The third-order valence-corrected chi connectivity index (χ3v) is 5.76. The Labute approximate surface area is 171 Å². The van der Waals surface area contributed by atoms with E-state index in [0.717, 1.165) is 17.8 Å². The molecule has 2 atom stereocenters. The predicted molar refractivity (Wildman–Crippen MR) is 114 cm³/mol. The van der Waals surface area contributed by atoms with E-state index < -0.39 is 0 Å². The van der Waals surface area contributed by atoms with Gasteiger partial charge in [0.2, 0.25) is 5.11 Å². The van der Waals surface area contributed by atoms with Crippen LogP contribution in [0.2, 0.25) is 0 Å². The first-order valence-electron chi connectivity index (χ1n) is 9.60. The van der Waals surface area contributed by atoms with Gasteiger partial charge in [-0.25, -0.2) is 0 Å². The molecular weight excluding hydrogens is 368 g/mol. The van der Waals surface area contributed by atoms with E-state index in [1.165, 1.54) is 0 Å². The summed E-state index contributed by atoms with van der Waals surface area (Å²) in [4.78, 5) is 12.9. The van der Waals surface area contributed by atoms with Crippen molar-refractivity contribution in [2.45, 2.75) is 32.7 Å². The molecule has 1 saturated heterocycles. The largest absolute Gasteiger partial charge is 0.299 e. The fraction of sp³-hybridized carbons (Fsp3) is 0.364. The molecule has 0 spiro atoms. The number of carbonyl (C=O) groups is 1. The number of carbonyl (C=O) groups excluding carboxylic acids is 1. The fourth-order valence-electron chi connectivity index (χ4n) is 4.25. The average Bonchev–Trinajstić information content (AvgIpc) is 3.06. The Balaban J connectivity index is 1.67. The second-order valence-electron chi connectivity index (χ2n) is 8.27. The molecule has 144 valence electrons. The quantitative estimate of drug-likeness (QED) is 0.523. The molecule has 1 saturated carbocycles. The topological polar surface area (TPSA) is 48.3 Å². The van der Waals surface area contributed by atoms with E-state index >= 15 is 0 Å². The number of thiocarbonyl (C=S) groups is 1. The standard InChI is InChI=1S/C22H24N4OS/c1-22(2)13-19-18(20(27)14-22)15-25(17-11-7-4-8-12-17)26(19)21(28)24-23-16-9-5-3-6-10-16/h3-12,18-19H,13-15H2,1-2H3. The minimum Gasteiger partial charge on any atom is -0.299 e. The smallest absolute Gasteiger partial charge is 0.235 e. The SMILES string of the molecule is CC1(C)CC(=O)C2CN(c3ccccc3)N(C(=S)N=Nc3ccccc3)C2C1. The lowest BCUT2D eigenvalue weighted by Crippen LogP contribution is -2.49. The maximum absolute atomic E-state index is 12.9. The van der Waals surface area contributed by atoms with E-state index in [4.69, 9.17) is 12.2 Å². The van der Waals surface area contributed by atoms with Gasteiger partial charge in [0, 0.05) is 6.42 Å². The van der Waals surface area contributed by atoms with Gasteiger partial charge in [-0.05, 0) is 48.3 Å². The van der Waals surface area contributed by atoms with Crippen LogP contribution in [0.15, 0.2) is 70.9 Å². The van der Waals surface area contributed by atoms with E-state index in [-0.39, 0.29) is 17.4 Å². The third-order valence-electron chi connectivity index (χ3n) is 5.49. The molecule has 5 nitrogen and oxygen atoms in total. The Morgan fingerprint density at radius 3 is 2.39 bits per heavy atom. The summed E-state index contributed by atoms with van der Waals surface area (Å²) >= 11 is 5.68. The number of anilines is 1. The molecule has 4 rings (SSSR count). The van der Waals surface area contributed by atoms with Gasteiger partial charge >= 0.3 is 0 Å². The van der Waals surface area contributed by atoms with Crippen LogP contribution in [0, 0.1) is 11.3 Å². The lowest BCUT2D eigenvalue weighted by Gasteiger charge is -2.40. The Hall–Kier alpha value is -2.60. The highest BCUT2D eigenvalue weighted by Gasteiger charge is 2.51. The number of ketones is 1. The molecular formula is C22H24N4OS. The summed E-state index contributed by atoms with van der Waals surface area (Å²) in [5.74, 6) is 0.255. The zero-order valence-corrected chi connectivity index (χ0v) is 17.0. The summed E-state index contributed by atoms with van der Waals surface area (Å²) in [6, 6.07) is 19.6. The summed E-state index contributed by atoms with van der Waals surface area (Å²) in [5.41, 5.74) is 1.72. The first-order valence-corrected chi connectivity index (χ1v) is 10.0. The number of Topliss-reactive ketones (excluding diaryl/α,β-unsaturated/α-hetero) is 1. The normalized spacial score (nSPS) is 23.9. The molecule has 0 bridgehead atoms. The molecule has 6 heteroatoms. The number of fused-ring (bicyclic) bond motifs is 1. The van der Waals surface area contributed by atoms with Crippen LogP contribution >= 0.6 is 12.2 Å². The van der Waals surface area contributed by atoms with E-state index in [2.05, 4.69) is 29.1 Å². The van der Waals surface area contributed by atoms with Crippen LogP contribution in [0.1, 0.15) is 26.7 Å². The van der Waals surface area contributed by atoms with Crippen LogP contribution in [0.4, 0.5) is 11.4 Å². The third kappa shape index (κ3) is 3.69. The van der Waals surface area contributed by atoms with Gasteiger partial charge in [0.15, 0.2) is 0 Å². The second-order valence-corrected chi connectivity index (χ2v) is 8.63. The minimum absolute atomic E-state index is 0.0127. The number of hydrazine groups is 1. The fourth-order valence-corrected chi connectivity index (χ4v) is 4.52. The number of para-hydroxylation sites is 1. The van der Waals surface area contributed by atoms with Crippen LogP contribution in [0.25, 0.3) is 0 Å². The van der Waals surface area contributed by atoms with Crippen LogP contribution in [-0.2, 0) is 4.79 Å². The van der Waals surface area contributed by atoms with Crippen molar-refractivity contribution >= 4 is 34.5 Å².